The number of carbonyl (C=O) groups is 4. The SMILES string of the molecule is CSCCC(NC(=O)C1CCCN1C(=O)C(CCCN=C(N)N)NC(=O)C(C)N)C(=O)O. The molecule has 182 valence electrons. The number of aliphatic carboxylic acids is 1. The second kappa shape index (κ2) is 13.8. The largest absolute Gasteiger partial charge is 0.480 e. The Kier molecular flexibility index (Phi) is 11.8. The monoisotopic (exact) mass is 473 g/mol. The van der Waals surface area contributed by atoms with E-state index < -0.39 is 47.9 Å². The molecule has 0 bridgehead atoms. The molecule has 0 spiro atoms. The summed E-state index contributed by atoms with van der Waals surface area (Å²) in [6.45, 7) is 2.11. The van der Waals surface area contributed by atoms with Gasteiger partial charge in [0.25, 0.3) is 0 Å². The number of hydrogen-bond acceptors (Lipinski definition) is 7. The minimum atomic E-state index is -1.12. The highest BCUT2D eigenvalue weighted by Gasteiger charge is 2.38. The number of carboxylic acid groups (broad SMARTS) is 1. The Morgan fingerprint density at radius 1 is 1.19 bits per heavy atom. The van der Waals surface area contributed by atoms with E-state index in [0.29, 0.717) is 31.6 Å². The normalized spacial score (nSPS) is 18.3. The zero-order valence-electron chi connectivity index (χ0n) is 18.6. The van der Waals surface area contributed by atoms with Crippen LogP contribution in [-0.2, 0) is 19.2 Å². The Balaban J connectivity index is 2.90. The van der Waals surface area contributed by atoms with Crippen molar-refractivity contribution in [1.82, 2.24) is 15.5 Å². The van der Waals surface area contributed by atoms with Gasteiger partial charge in [-0.25, -0.2) is 4.79 Å². The van der Waals surface area contributed by atoms with Crippen molar-refractivity contribution in [2.75, 3.05) is 25.1 Å². The van der Waals surface area contributed by atoms with Crippen LogP contribution >= 0.6 is 11.8 Å². The Morgan fingerprint density at radius 3 is 2.44 bits per heavy atom. The van der Waals surface area contributed by atoms with Crippen molar-refractivity contribution in [2.45, 2.75) is 63.2 Å². The van der Waals surface area contributed by atoms with Gasteiger partial charge in [-0.2, -0.15) is 11.8 Å². The van der Waals surface area contributed by atoms with Crippen LogP contribution in [0.4, 0.5) is 0 Å². The van der Waals surface area contributed by atoms with E-state index >= 15 is 0 Å². The number of nitrogens with one attached hydrogen (secondary N) is 2. The number of carbonyl (C=O) groups excluding carboxylic acids is 3. The number of aliphatic imine (C=N–C) groups is 1. The van der Waals surface area contributed by atoms with Gasteiger partial charge in [0.15, 0.2) is 5.96 Å². The summed E-state index contributed by atoms with van der Waals surface area (Å²) >= 11 is 1.48. The molecule has 3 amide bonds. The molecule has 32 heavy (non-hydrogen) atoms. The molecule has 1 aliphatic rings. The molecule has 9 N–H and O–H groups in total. The van der Waals surface area contributed by atoms with E-state index in [9.17, 15) is 24.3 Å². The van der Waals surface area contributed by atoms with Crippen molar-refractivity contribution in [3.8, 4) is 0 Å². The van der Waals surface area contributed by atoms with Crippen molar-refractivity contribution in [3.63, 3.8) is 0 Å². The van der Waals surface area contributed by atoms with Crippen molar-refractivity contribution >= 4 is 41.4 Å². The summed E-state index contributed by atoms with van der Waals surface area (Å²) in [6, 6.07) is -3.54. The van der Waals surface area contributed by atoms with Crippen LogP contribution in [0.1, 0.15) is 39.0 Å². The van der Waals surface area contributed by atoms with Gasteiger partial charge in [-0.3, -0.25) is 19.4 Å². The molecule has 0 aromatic heterocycles. The number of carboxylic acids is 1. The van der Waals surface area contributed by atoms with Gasteiger partial charge in [0.2, 0.25) is 17.7 Å². The van der Waals surface area contributed by atoms with Crippen LogP contribution in [0.15, 0.2) is 4.99 Å². The summed E-state index contributed by atoms with van der Waals surface area (Å²) in [7, 11) is 0. The Bertz CT molecular complexity index is 700. The quantitative estimate of drug-likeness (QED) is 0.101. The molecule has 1 fully saturated rings. The molecule has 0 radical (unpaired) electrons. The van der Waals surface area contributed by atoms with Crippen molar-refractivity contribution in [3.05, 3.63) is 0 Å². The maximum absolute atomic E-state index is 13.2. The van der Waals surface area contributed by atoms with Crippen LogP contribution in [0.25, 0.3) is 0 Å². The topological polar surface area (TPSA) is 206 Å². The zero-order chi connectivity index (χ0) is 24.3. The van der Waals surface area contributed by atoms with Crippen molar-refractivity contribution < 1.29 is 24.3 Å². The third-order valence-corrected chi connectivity index (χ3v) is 5.68. The van der Waals surface area contributed by atoms with Gasteiger partial charge in [0.05, 0.1) is 6.04 Å². The van der Waals surface area contributed by atoms with E-state index in [0.717, 1.165) is 0 Å². The van der Waals surface area contributed by atoms with Gasteiger partial charge in [-0.1, -0.05) is 0 Å². The number of nitrogens with two attached hydrogens (primary N) is 3. The highest BCUT2D eigenvalue weighted by Crippen LogP contribution is 2.20. The number of nitrogens with zero attached hydrogens (tertiary/aromatic N) is 2. The molecule has 1 saturated heterocycles. The number of amides is 3. The second-order valence-electron chi connectivity index (χ2n) is 7.67. The lowest BCUT2D eigenvalue weighted by Crippen LogP contribution is -2.56. The first-order valence-corrected chi connectivity index (χ1v) is 11.9. The lowest BCUT2D eigenvalue weighted by atomic mass is 10.1. The van der Waals surface area contributed by atoms with Crippen LogP contribution in [0.2, 0.25) is 0 Å². The lowest BCUT2D eigenvalue weighted by Gasteiger charge is -2.29. The molecule has 0 saturated carbocycles. The predicted octanol–water partition coefficient (Wildman–Crippen LogP) is -1.81. The van der Waals surface area contributed by atoms with Crippen LogP contribution in [0.5, 0.6) is 0 Å². The number of guanidine groups is 1. The van der Waals surface area contributed by atoms with Gasteiger partial charge >= 0.3 is 5.97 Å². The summed E-state index contributed by atoms with van der Waals surface area (Å²) in [5.41, 5.74) is 16.2. The average Bonchev–Trinajstić information content (AvgIpc) is 3.21. The minimum absolute atomic E-state index is 0.0711. The summed E-state index contributed by atoms with van der Waals surface area (Å²) in [5.74, 6) is -2.04. The minimum Gasteiger partial charge on any atom is -0.480 e. The van der Waals surface area contributed by atoms with E-state index in [2.05, 4.69) is 15.6 Å². The van der Waals surface area contributed by atoms with E-state index in [4.69, 9.17) is 17.2 Å². The fourth-order valence-electron chi connectivity index (χ4n) is 3.33. The molecule has 0 aromatic rings. The average molecular weight is 474 g/mol. The molecule has 0 aliphatic carbocycles. The molecule has 1 aliphatic heterocycles. The van der Waals surface area contributed by atoms with Crippen molar-refractivity contribution in [2.24, 2.45) is 22.2 Å². The van der Waals surface area contributed by atoms with E-state index in [1.165, 1.54) is 23.6 Å². The Morgan fingerprint density at radius 2 is 1.88 bits per heavy atom. The summed E-state index contributed by atoms with van der Waals surface area (Å²) in [6.07, 6.45) is 3.81. The van der Waals surface area contributed by atoms with E-state index in [1.807, 2.05) is 6.26 Å². The first-order valence-electron chi connectivity index (χ1n) is 10.5. The maximum Gasteiger partial charge on any atom is 0.326 e. The third kappa shape index (κ3) is 8.91. The number of thioether (sulfide) groups is 1. The molecule has 1 rings (SSSR count). The van der Waals surface area contributed by atoms with Crippen LogP contribution < -0.4 is 27.8 Å². The van der Waals surface area contributed by atoms with E-state index in [-0.39, 0.29) is 25.3 Å². The standard InChI is InChI=1S/C19H35N7O5S/c1-11(20)15(27)24-12(5-3-8-23-19(21)22)17(29)26-9-4-6-14(26)16(28)25-13(18(30)31)7-10-32-2/h11-14H,3-10,20H2,1-2H3,(H,24,27)(H,25,28)(H,30,31)(H4,21,22,23). The first-order chi connectivity index (χ1) is 15.1. The van der Waals surface area contributed by atoms with Crippen molar-refractivity contribution in [1.29, 1.82) is 0 Å². The van der Waals surface area contributed by atoms with Gasteiger partial charge in [-0.15, -0.1) is 0 Å². The molecular weight excluding hydrogens is 438 g/mol. The highest BCUT2D eigenvalue weighted by molar-refractivity contribution is 7.98. The fraction of sp³-hybridized carbons (Fsp3) is 0.737. The predicted molar refractivity (Wildman–Crippen MR) is 123 cm³/mol. The van der Waals surface area contributed by atoms with Gasteiger partial charge < -0.3 is 37.8 Å². The van der Waals surface area contributed by atoms with Crippen LogP contribution in [0.3, 0.4) is 0 Å². The van der Waals surface area contributed by atoms with Gasteiger partial charge in [0.1, 0.15) is 18.1 Å². The molecule has 1 heterocycles. The zero-order valence-corrected chi connectivity index (χ0v) is 19.4. The summed E-state index contributed by atoms with van der Waals surface area (Å²) < 4.78 is 0. The highest BCUT2D eigenvalue weighted by atomic mass is 32.2. The molecule has 4 unspecified atom stereocenters. The summed E-state index contributed by atoms with van der Waals surface area (Å²) in [5, 5.41) is 14.5. The number of hydrogen-bond donors (Lipinski definition) is 6. The molecular formula is C19H35N7O5S. The third-order valence-electron chi connectivity index (χ3n) is 5.04. The maximum atomic E-state index is 13.2. The molecule has 12 nitrogen and oxygen atoms in total. The lowest BCUT2D eigenvalue weighted by molar-refractivity contribution is -0.145. The Hall–Kier alpha value is -2.54. The molecule has 0 aromatic carbocycles. The van der Waals surface area contributed by atoms with Gasteiger partial charge in [-0.05, 0) is 51.0 Å². The first kappa shape index (κ1) is 27.5. The Labute approximate surface area is 192 Å². The summed E-state index contributed by atoms with van der Waals surface area (Å²) in [4.78, 5) is 54.9. The van der Waals surface area contributed by atoms with Gasteiger partial charge in [0, 0.05) is 13.1 Å². The fourth-order valence-corrected chi connectivity index (χ4v) is 3.80. The smallest absolute Gasteiger partial charge is 0.326 e. The molecule has 13 heteroatoms. The number of rotatable bonds is 13. The van der Waals surface area contributed by atoms with Crippen LogP contribution in [0, 0.1) is 0 Å². The number of likely N-dealkylation sites (tertiary alicyclic amines) is 1. The van der Waals surface area contributed by atoms with E-state index in [1.54, 1.807) is 0 Å². The van der Waals surface area contributed by atoms with Crippen LogP contribution in [-0.4, -0.2) is 88.9 Å². The second-order valence-corrected chi connectivity index (χ2v) is 8.65. The molecule has 4 atom stereocenters.